The van der Waals surface area contributed by atoms with Gasteiger partial charge in [0.25, 0.3) is 0 Å². The van der Waals surface area contributed by atoms with Crippen molar-refractivity contribution in [3.63, 3.8) is 0 Å². The lowest BCUT2D eigenvalue weighted by Crippen LogP contribution is -2.56. The lowest BCUT2D eigenvalue weighted by Gasteiger charge is -2.47. The summed E-state index contributed by atoms with van der Waals surface area (Å²) >= 11 is 0. The van der Waals surface area contributed by atoms with Crippen LogP contribution < -0.4 is 5.73 Å². The third-order valence-corrected chi connectivity index (χ3v) is 4.93. The Labute approximate surface area is 122 Å². The first-order valence-corrected chi connectivity index (χ1v) is 7.50. The summed E-state index contributed by atoms with van der Waals surface area (Å²) in [4.78, 5) is 6.22. The molecule has 1 aliphatic rings. The van der Waals surface area contributed by atoms with Crippen molar-refractivity contribution in [1.82, 2.24) is 9.88 Å². The number of nitrogen functional groups attached to an aromatic ring is 1. The molecule has 1 aromatic rings. The van der Waals surface area contributed by atoms with Crippen LogP contribution in [0.25, 0.3) is 0 Å². The summed E-state index contributed by atoms with van der Waals surface area (Å²) in [6.07, 6.45) is 6.47. The van der Waals surface area contributed by atoms with E-state index in [1.54, 1.807) is 6.20 Å². The highest BCUT2D eigenvalue weighted by Crippen LogP contribution is 2.38. The van der Waals surface area contributed by atoms with Crippen LogP contribution in [0, 0.1) is 5.92 Å². The van der Waals surface area contributed by atoms with Crippen molar-refractivity contribution >= 4 is 5.82 Å². The maximum Gasteiger partial charge on any atom is 0.123 e. The predicted octanol–water partition coefficient (Wildman–Crippen LogP) is 2.08. The van der Waals surface area contributed by atoms with Crippen LogP contribution in [-0.4, -0.2) is 40.7 Å². The van der Waals surface area contributed by atoms with Gasteiger partial charge in [0.05, 0.1) is 6.10 Å². The first-order valence-electron chi connectivity index (χ1n) is 7.50. The van der Waals surface area contributed by atoms with Crippen molar-refractivity contribution < 1.29 is 5.11 Å². The van der Waals surface area contributed by atoms with Crippen LogP contribution in [-0.2, 0) is 6.42 Å². The van der Waals surface area contributed by atoms with Gasteiger partial charge in [0.15, 0.2) is 0 Å². The number of anilines is 1. The van der Waals surface area contributed by atoms with Crippen LogP contribution in [0.4, 0.5) is 5.82 Å². The van der Waals surface area contributed by atoms with Crippen molar-refractivity contribution in [2.24, 2.45) is 5.92 Å². The number of likely N-dealkylation sites (N-methyl/N-ethyl adjacent to an activating group) is 1. The number of aromatic nitrogens is 1. The number of nitrogens with zero attached hydrogens (tertiary/aromatic N) is 2. The first kappa shape index (κ1) is 15.3. The Morgan fingerprint density at radius 3 is 2.65 bits per heavy atom. The summed E-state index contributed by atoms with van der Waals surface area (Å²) in [6.45, 7) is 2.30. The Balaban J connectivity index is 2.13. The molecule has 0 aliphatic heterocycles. The highest BCUT2D eigenvalue weighted by molar-refractivity contribution is 5.32. The number of hydrogen-bond acceptors (Lipinski definition) is 4. The largest absolute Gasteiger partial charge is 0.391 e. The molecular weight excluding hydrogens is 250 g/mol. The second kappa shape index (κ2) is 6.10. The third-order valence-electron chi connectivity index (χ3n) is 4.93. The van der Waals surface area contributed by atoms with Gasteiger partial charge in [0.2, 0.25) is 0 Å². The second-order valence-electron chi connectivity index (χ2n) is 6.49. The smallest absolute Gasteiger partial charge is 0.123 e. The Hall–Kier alpha value is -1.13. The maximum absolute atomic E-state index is 10.8. The van der Waals surface area contributed by atoms with Gasteiger partial charge in [-0.3, -0.25) is 0 Å². The van der Waals surface area contributed by atoms with Crippen LogP contribution in [0.5, 0.6) is 0 Å². The Kier molecular flexibility index (Phi) is 4.66. The van der Waals surface area contributed by atoms with Gasteiger partial charge < -0.3 is 15.7 Å². The van der Waals surface area contributed by atoms with Gasteiger partial charge in [-0.15, -0.1) is 0 Å². The van der Waals surface area contributed by atoms with E-state index in [0.29, 0.717) is 12.2 Å². The zero-order chi connectivity index (χ0) is 14.8. The van der Waals surface area contributed by atoms with E-state index < -0.39 is 0 Å². The zero-order valence-electron chi connectivity index (χ0n) is 12.8. The number of rotatable bonds is 4. The molecule has 3 N–H and O–H groups in total. The third kappa shape index (κ3) is 3.13. The van der Waals surface area contributed by atoms with Gasteiger partial charge >= 0.3 is 0 Å². The summed E-state index contributed by atoms with van der Waals surface area (Å²) in [5.74, 6) is 1.29. The number of aliphatic hydroxyl groups excluding tert-OH is 1. The fourth-order valence-corrected chi connectivity index (χ4v) is 3.38. The fourth-order valence-electron chi connectivity index (χ4n) is 3.38. The van der Waals surface area contributed by atoms with Crippen molar-refractivity contribution in [2.45, 2.75) is 50.7 Å². The van der Waals surface area contributed by atoms with Gasteiger partial charge in [-0.2, -0.15) is 0 Å². The van der Waals surface area contributed by atoms with Gasteiger partial charge in [-0.25, -0.2) is 4.98 Å². The molecular formula is C16H27N3O. The van der Waals surface area contributed by atoms with E-state index in [1.165, 1.54) is 12.8 Å². The average Bonchev–Trinajstić information content (AvgIpc) is 2.39. The predicted molar refractivity (Wildman–Crippen MR) is 82.4 cm³/mol. The van der Waals surface area contributed by atoms with E-state index in [1.807, 2.05) is 12.1 Å². The maximum atomic E-state index is 10.8. The lowest BCUT2D eigenvalue weighted by molar-refractivity contribution is -0.0382. The van der Waals surface area contributed by atoms with Crippen LogP contribution in [0.3, 0.4) is 0 Å². The molecule has 4 nitrogen and oxygen atoms in total. The van der Waals surface area contributed by atoms with Crippen molar-refractivity contribution in [2.75, 3.05) is 19.8 Å². The van der Waals surface area contributed by atoms with E-state index in [9.17, 15) is 5.11 Å². The number of aliphatic hydroxyl groups is 1. The standard InChI is InChI=1S/C16H27N3O/c1-12-4-7-16(8-5-12,19(2)3)14(20)10-13-6-9-18-15(17)11-13/h6,9,11-12,14,20H,4-5,7-8,10H2,1-3H3,(H2,17,18). The van der Waals surface area contributed by atoms with E-state index in [2.05, 4.69) is 30.9 Å². The monoisotopic (exact) mass is 277 g/mol. The van der Waals surface area contributed by atoms with Crippen molar-refractivity contribution in [3.05, 3.63) is 23.9 Å². The van der Waals surface area contributed by atoms with Gasteiger partial charge in [-0.1, -0.05) is 6.92 Å². The molecule has 4 heteroatoms. The van der Waals surface area contributed by atoms with Crippen LogP contribution in [0.1, 0.15) is 38.2 Å². The highest BCUT2D eigenvalue weighted by Gasteiger charge is 2.42. The molecule has 2 rings (SSSR count). The molecule has 1 aromatic heterocycles. The van der Waals surface area contributed by atoms with Crippen LogP contribution in [0.2, 0.25) is 0 Å². The van der Waals surface area contributed by atoms with Gasteiger partial charge in [0, 0.05) is 18.2 Å². The molecule has 112 valence electrons. The summed E-state index contributed by atoms with van der Waals surface area (Å²) in [7, 11) is 4.17. The minimum absolute atomic E-state index is 0.107. The summed E-state index contributed by atoms with van der Waals surface area (Å²) in [6, 6.07) is 3.80. The summed E-state index contributed by atoms with van der Waals surface area (Å²) in [5, 5.41) is 10.8. The molecule has 0 spiro atoms. The van der Waals surface area contributed by atoms with E-state index in [0.717, 1.165) is 24.3 Å². The molecule has 0 radical (unpaired) electrons. The normalized spacial score (nSPS) is 28.6. The average molecular weight is 277 g/mol. The molecule has 1 atom stereocenters. The quantitative estimate of drug-likeness (QED) is 0.884. The first-order chi connectivity index (χ1) is 9.44. The van der Waals surface area contributed by atoms with Crippen molar-refractivity contribution in [3.8, 4) is 0 Å². The lowest BCUT2D eigenvalue weighted by atomic mass is 9.72. The number of pyridine rings is 1. The van der Waals surface area contributed by atoms with Gasteiger partial charge in [0.1, 0.15) is 5.82 Å². The molecule has 1 aliphatic carbocycles. The molecule has 0 aromatic carbocycles. The Bertz CT molecular complexity index is 439. The Morgan fingerprint density at radius 1 is 1.45 bits per heavy atom. The van der Waals surface area contributed by atoms with Gasteiger partial charge in [-0.05, 0) is 63.4 Å². The molecule has 1 unspecified atom stereocenters. The second-order valence-corrected chi connectivity index (χ2v) is 6.49. The zero-order valence-corrected chi connectivity index (χ0v) is 12.8. The van der Waals surface area contributed by atoms with Crippen LogP contribution >= 0.6 is 0 Å². The molecule has 0 amide bonds. The van der Waals surface area contributed by atoms with Crippen LogP contribution in [0.15, 0.2) is 18.3 Å². The molecule has 20 heavy (non-hydrogen) atoms. The summed E-state index contributed by atoms with van der Waals surface area (Å²) < 4.78 is 0. The van der Waals surface area contributed by atoms with E-state index in [-0.39, 0.29) is 11.6 Å². The van der Waals surface area contributed by atoms with E-state index in [4.69, 9.17) is 5.73 Å². The number of nitrogens with two attached hydrogens (primary N) is 1. The topological polar surface area (TPSA) is 62.4 Å². The summed E-state index contributed by atoms with van der Waals surface area (Å²) in [5.41, 5.74) is 6.67. The minimum Gasteiger partial charge on any atom is -0.391 e. The number of hydrogen-bond donors (Lipinski definition) is 2. The van der Waals surface area contributed by atoms with Crippen molar-refractivity contribution in [1.29, 1.82) is 0 Å². The molecule has 1 saturated carbocycles. The molecule has 1 heterocycles. The molecule has 0 bridgehead atoms. The SMILES string of the molecule is CC1CCC(C(O)Cc2ccnc(N)c2)(N(C)C)CC1. The van der Waals surface area contributed by atoms with E-state index >= 15 is 0 Å². The molecule has 0 saturated heterocycles. The fraction of sp³-hybridized carbons (Fsp3) is 0.688. The Morgan fingerprint density at radius 2 is 2.10 bits per heavy atom. The highest BCUT2D eigenvalue weighted by atomic mass is 16.3. The molecule has 1 fully saturated rings. The minimum atomic E-state index is -0.369.